The molecule has 0 aliphatic rings. The van der Waals surface area contributed by atoms with Gasteiger partial charge in [-0.2, -0.15) is 4.89 Å². The van der Waals surface area contributed by atoms with Gasteiger partial charge in [-0.25, -0.2) is 0 Å². The first-order chi connectivity index (χ1) is 14.7. The fraction of sp³-hybridized carbons (Fsp3) is 1.00. The Balaban J connectivity index is 3.24. The predicted molar refractivity (Wildman–Crippen MR) is 123 cm³/mol. The van der Waals surface area contributed by atoms with Crippen LogP contribution in [-0.4, -0.2) is 40.1 Å². The summed E-state index contributed by atoms with van der Waals surface area (Å²) in [7, 11) is 0.596. The highest BCUT2D eigenvalue weighted by Gasteiger charge is 2.24. The SMILES string of the molecule is CCCCCCCCCCCCCCCCCCOCC(CO[P+](=O)OOC)OC. The molecule has 0 aromatic carbocycles. The van der Waals surface area contributed by atoms with Gasteiger partial charge in [-0.15, -0.1) is 4.52 Å². The monoisotopic (exact) mass is 451 g/mol. The molecule has 0 radical (unpaired) electrons. The number of hydrogen-bond donors (Lipinski definition) is 0. The standard InChI is InChI=1S/C23H48O6P/c1-4-5-6-7-8-9-10-11-12-13-14-15-16-17-18-19-20-27-21-23(25-2)22-28-30(24)29-26-3/h23H,4-22H2,1-3H3/q+1. The first-order valence-electron chi connectivity index (χ1n) is 12.2. The zero-order chi connectivity index (χ0) is 22.1. The fourth-order valence-corrected chi connectivity index (χ4v) is 3.83. The third kappa shape index (κ3) is 22.6. The van der Waals surface area contributed by atoms with Crippen molar-refractivity contribution in [3.8, 4) is 0 Å². The Kier molecular flexibility index (Phi) is 25.1. The molecular formula is C23H48O6P+. The molecule has 0 rings (SSSR count). The number of rotatable bonds is 25. The lowest BCUT2D eigenvalue weighted by atomic mass is 10.0. The van der Waals surface area contributed by atoms with Gasteiger partial charge in [-0.3, -0.25) is 0 Å². The summed E-state index contributed by atoms with van der Waals surface area (Å²) >= 11 is 0. The molecule has 0 bridgehead atoms. The van der Waals surface area contributed by atoms with E-state index in [4.69, 9.17) is 14.0 Å². The lowest BCUT2D eigenvalue weighted by molar-refractivity contribution is -0.182. The van der Waals surface area contributed by atoms with Gasteiger partial charge in [-0.1, -0.05) is 103 Å². The number of unbranched alkanes of at least 4 members (excludes halogenated alkanes) is 15. The molecule has 0 fully saturated rings. The van der Waals surface area contributed by atoms with E-state index in [-0.39, 0.29) is 12.7 Å². The Hall–Kier alpha value is -0.100. The number of methoxy groups -OCH3 is 1. The smallest absolute Gasteiger partial charge is 0.379 e. The molecular weight excluding hydrogens is 403 g/mol. The van der Waals surface area contributed by atoms with Crippen molar-refractivity contribution in [2.75, 3.05) is 34.0 Å². The second-order valence-corrected chi connectivity index (χ2v) is 8.85. The Bertz CT molecular complexity index is 357. The van der Waals surface area contributed by atoms with Gasteiger partial charge in [0, 0.05) is 18.3 Å². The van der Waals surface area contributed by atoms with Gasteiger partial charge in [0.15, 0.2) is 0 Å². The molecule has 0 aliphatic carbocycles. The molecule has 0 spiro atoms. The average Bonchev–Trinajstić information content (AvgIpc) is 2.75. The fourth-order valence-electron chi connectivity index (χ4n) is 3.38. The van der Waals surface area contributed by atoms with E-state index in [2.05, 4.69) is 16.5 Å². The summed E-state index contributed by atoms with van der Waals surface area (Å²) in [4.78, 5) is 4.29. The van der Waals surface area contributed by atoms with E-state index in [1.54, 1.807) is 7.11 Å². The Morgan fingerprint density at radius 1 is 0.667 bits per heavy atom. The van der Waals surface area contributed by atoms with Crippen LogP contribution in [0.25, 0.3) is 0 Å². The summed E-state index contributed by atoms with van der Waals surface area (Å²) in [5, 5.41) is 0. The number of hydrogen-bond acceptors (Lipinski definition) is 6. The van der Waals surface area contributed by atoms with Crippen LogP contribution in [0.2, 0.25) is 0 Å². The third-order valence-corrected chi connectivity index (χ3v) is 5.91. The van der Waals surface area contributed by atoms with Gasteiger partial charge < -0.3 is 9.47 Å². The summed E-state index contributed by atoms with van der Waals surface area (Å²) in [5.74, 6) is 0. The molecule has 0 saturated carbocycles. The molecule has 0 aromatic heterocycles. The van der Waals surface area contributed by atoms with Crippen molar-refractivity contribution in [2.24, 2.45) is 0 Å². The summed E-state index contributed by atoms with van der Waals surface area (Å²) < 4.78 is 31.4. The van der Waals surface area contributed by atoms with Crippen molar-refractivity contribution < 1.29 is 28.1 Å². The Morgan fingerprint density at radius 2 is 1.13 bits per heavy atom. The molecule has 0 aromatic rings. The van der Waals surface area contributed by atoms with E-state index in [0.717, 1.165) is 13.0 Å². The van der Waals surface area contributed by atoms with Crippen molar-refractivity contribution >= 4 is 8.25 Å². The van der Waals surface area contributed by atoms with E-state index in [9.17, 15) is 4.57 Å². The van der Waals surface area contributed by atoms with Crippen LogP contribution in [0, 0.1) is 0 Å². The van der Waals surface area contributed by atoms with Gasteiger partial charge in [0.1, 0.15) is 12.7 Å². The van der Waals surface area contributed by atoms with Crippen LogP contribution < -0.4 is 0 Å². The minimum absolute atomic E-state index is 0.147. The minimum Gasteiger partial charge on any atom is -0.379 e. The van der Waals surface area contributed by atoms with Crippen molar-refractivity contribution in [1.82, 2.24) is 0 Å². The predicted octanol–water partition coefficient (Wildman–Crippen LogP) is 7.53. The number of ether oxygens (including phenoxy) is 2. The van der Waals surface area contributed by atoms with Gasteiger partial charge >= 0.3 is 8.25 Å². The topological polar surface area (TPSA) is 63.2 Å². The summed E-state index contributed by atoms with van der Waals surface area (Å²) in [6, 6.07) is 0. The summed E-state index contributed by atoms with van der Waals surface area (Å²) in [6.07, 6.45) is 21.6. The van der Waals surface area contributed by atoms with Crippen molar-refractivity contribution in [1.29, 1.82) is 0 Å². The normalized spacial score (nSPS) is 13.0. The van der Waals surface area contributed by atoms with E-state index < -0.39 is 8.25 Å². The van der Waals surface area contributed by atoms with Crippen LogP contribution >= 0.6 is 8.25 Å². The van der Waals surface area contributed by atoms with Crippen LogP contribution in [0.5, 0.6) is 0 Å². The average molecular weight is 452 g/mol. The first-order valence-corrected chi connectivity index (χ1v) is 13.3. The van der Waals surface area contributed by atoms with E-state index in [1.807, 2.05) is 0 Å². The van der Waals surface area contributed by atoms with Crippen LogP contribution in [0.1, 0.15) is 110 Å². The molecule has 0 N–H and O–H groups in total. The third-order valence-electron chi connectivity index (χ3n) is 5.28. The summed E-state index contributed by atoms with van der Waals surface area (Å²) in [6.45, 7) is 3.57. The van der Waals surface area contributed by atoms with Gasteiger partial charge in [0.25, 0.3) is 0 Å². The van der Waals surface area contributed by atoms with Crippen molar-refractivity contribution in [3.05, 3.63) is 0 Å². The highest BCUT2D eigenvalue weighted by Crippen LogP contribution is 2.23. The van der Waals surface area contributed by atoms with Gasteiger partial charge in [0.05, 0.1) is 18.4 Å². The molecule has 7 heteroatoms. The summed E-state index contributed by atoms with van der Waals surface area (Å²) in [5.41, 5.74) is 0. The second-order valence-electron chi connectivity index (χ2n) is 8.00. The Labute approximate surface area is 186 Å². The second kappa shape index (κ2) is 25.2. The first kappa shape index (κ1) is 29.9. The zero-order valence-corrected chi connectivity index (χ0v) is 20.8. The highest BCUT2D eigenvalue weighted by molar-refractivity contribution is 7.33. The maximum absolute atomic E-state index is 11.2. The lowest BCUT2D eigenvalue weighted by Gasteiger charge is -2.12. The van der Waals surface area contributed by atoms with Gasteiger partial charge in [0.2, 0.25) is 0 Å². The van der Waals surface area contributed by atoms with E-state index >= 15 is 0 Å². The molecule has 2 atom stereocenters. The molecule has 30 heavy (non-hydrogen) atoms. The van der Waals surface area contributed by atoms with Crippen molar-refractivity contribution in [2.45, 2.75) is 116 Å². The molecule has 0 aliphatic heterocycles. The molecule has 180 valence electrons. The largest absolute Gasteiger partial charge is 0.728 e. The highest BCUT2D eigenvalue weighted by atomic mass is 31.1. The molecule has 0 amide bonds. The maximum atomic E-state index is 11.2. The quantitative estimate of drug-likeness (QED) is 0.0618. The molecule has 2 unspecified atom stereocenters. The Morgan fingerprint density at radius 3 is 1.57 bits per heavy atom. The van der Waals surface area contributed by atoms with Gasteiger partial charge in [-0.05, 0) is 6.42 Å². The van der Waals surface area contributed by atoms with Crippen LogP contribution in [-0.2, 0) is 28.1 Å². The van der Waals surface area contributed by atoms with E-state index in [0.29, 0.717) is 6.61 Å². The van der Waals surface area contributed by atoms with E-state index in [1.165, 1.54) is 103 Å². The molecule has 0 heterocycles. The molecule has 0 saturated heterocycles. The van der Waals surface area contributed by atoms with Crippen molar-refractivity contribution in [3.63, 3.8) is 0 Å². The zero-order valence-electron chi connectivity index (χ0n) is 19.9. The maximum Gasteiger partial charge on any atom is 0.728 e. The van der Waals surface area contributed by atoms with Crippen LogP contribution in [0.15, 0.2) is 0 Å². The minimum atomic E-state index is -2.27. The lowest BCUT2D eigenvalue weighted by Crippen LogP contribution is -2.23. The van der Waals surface area contributed by atoms with Crippen LogP contribution in [0.3, 0.4) is 0 Å². The molecule has 6 nitrogen and oxygen atoms in total. The van der Waals surface area contributed by atoms with Crippen LogP contribution in [0.4, 0.5) is 0 Å².